The molecule has 2 aromatic rings. The highest BCUT2D eigenvalue weighted by molar-refractivity contribution is 5.71. The maximum Gasteiger partial charge on any atom is 0.222 e. The van der Waals surface area contributed by atoms with Gasteiger partial charge in [0.15, 0.2) is 0 Å². The molecular formula is C21H31N3O2. The Kier molecular flexibility index (Phi) is 6.98. The zero-order valence-corrected chi connectivity index (χ0v) is 16.8. The van der Waals surface area contributed by atoms with E-state index < -0.39 is 0 Å². The van der Waals surface area contributed by atoms with Gasteiger partial charge in [-0.1, -0.05) is 20.8 Å². The van der Waals surface area contributed by atoms with E-state index in [0.29, 0.717) is 11.8 Å². The van der Waals surface area contributed by atoms with Crippen LogP contribution >= 0.6 is 0 Å². The fourth-order valence-corrected chi connectivity index (χ4v) is 3.05. The highest BCUT2D eigenvalue weighted by Gasteiger charge is 2.18. The van der Waals surface area contributed by atoms with Gasteiger partial charge < -0.3 is 14.7 Å². The summed E-state index contributed by atoms with van der Waals surface area (Å²) in [5.41, 5.74) is 5.18. The molecule has 0 fully saturated rings. The molecule has 5 nitrogen and oxygen atoms in total. The first-order valence-electron chi connectivity index (χ1n) is 9.29. The van der Waals surface area contributed by atoms with E-state index in [1.54, 1.807) is 7.11 Å². The number of aliphatic hydroxyl groups is 1. The van der Waals surface area contributed by atoms with E-state index in [2.05, 4.69) is 44.0 Å². The highest BCUT2D eigenvalue weighted by atomic mass is 16.5. The van der Waals surface area contributed by atoms with Crippen molar-refractivity contribution in [2.75, 3.05) is 32.7 Å². The number of anilines is 1. The summed E-state index contributed by atoms with van der Waals surface area (Å²) in [4.78, 5) is 11.7. The van der Waals surface area contributed by atoms with Gasteiger partial charge in [0.2, 0.25) is 5.88 Å². The van der Waals surface area contributed by atoms with Crippen LogP contribution in [0.2, 0.25) is 0 Å². The number of pyridine rings is 2. The molecule has 0 aromatic carbocycles. The fraction of sp³-hybridized carbons (Fsp3) is 0.524. The number of hydrogen-bond donors (Lipinski definition) is 1. The summed E-state index contributed by atoms with van der Waals surface area (Å²) in [5.74, 6) is 1.89. The molecule has 0 saturated heterocycles. The molecule has 1 N–H and O–H groups in total. The average molecular weight is 357 g/mol. The number of aryl methyl sites for hydroxylation is 2. The number of aliphatic hydroxyl groups excluding tert-OH is 1. The summed E-state index contributed by atoms with van der Waals surface area (Å²) < 4.78 is 5.59. The van der Waals surface area contributed by atoms with E-state index >= 15 is 0 Å². The molecule has 0 bridgehead atoms. The minimum Gasteiger partial charge on any atom is -0.480 e. The van der Waals surface area contributed by atoms with Crippen LogP contribution in [-0.4, -0.2) is 42.9 Å². The van der Waals surface area contributed by atoms with Gasteiger partial charge in [0.25, 0.3) is 0 Å². The van der Waals surface area contributed by atoms with Crippen LogP contribution in [0.4, 0.5) is 5.82 Å². The Hall–Kier alpha value is -2.14. The zero-order valence-electron chi connectivity index (χ0n) is 16.8. The monoisotopic (exact) mass is 357 g/mol. The normalized spacial score (nSPS) is 11.1. The van der Waals surface area contributed by atoms with Crippen molar-refractivity contribution < 1.29 is 9.84 Å². The quantitative estimate of drug-likeness (QED) is 0.778. The summed E-state index contributed by atoms with van der Waals surface area (Å²) in [5, 5.41) is 9.20. The van der Waals surface area contributed by atoms with Crippen molar-refractivity contribution in [2.24, 2.45) is 0 Å². The van der Waals surface area contributed by atoms with Crippen molar-refractivity contribution >= 4 is 5.82 Å². The Morgan fingerprint density at radius 1 is 1.15 bits per heavy atom. The third-order valence-corrected chi connectivity index (χ3v) is 4.49. The van der Waals surface area contributed by atoms with E-state index in [4.69, 9.17) is 9.72 Å². The van der Waals surface area contributed by atoms with Crippen LogP contribution < -0.4 is 9.64 Å². The third kappa shape index (κ3) is 4.33. The lowest BCUT2D eigenvalue weighted by Crippen LogP contribution is -2.15. The van der Waals surface area contributed by atoms with Gasteiger partial charge in [-0.3, -0.25) is 0 Å². The topological polar surface area (TPSA) is 58.5 Å². The van der Waals surface area contributed by atoms with Crippen molar-refractivity contribution in [1.29, 1.82) is 0 Å². The smallest absolute Gasteiger partial charge is 0.222 e. The molecule has 0 aliphatic carbocycles. The first-order valence-corrected chi connectivity index (χ1v) is 9.29. The SMILES string of the molecule is CCc1cc(CCCO)c(N(C)C)nc1-c1ccc(C(C)C)nc1OC. The second kappa shape index (κ2) is 8.99. The molecule has 2 rings (SSSR count). The Labute approximate surface area is 157 Å². The molecule has 2 heterocycles. The van der Waals surface area contributed by atoms with Crippen molar-refractivity contribution in [3.05, 3.63) is 35.0 Å². The fourth-order valence-electron chi connectivity index (χ4n) is 3.05. The Balaban J connectivity index is 2.63. The van der Waals surface area contributed by atoms with Crippen molar-refractivity contribution in [3.63, 3.8) is 0 Å². The molecule has 2 aromatic heterocycles. The van der Waals surface area contributed by atoms with E-state index in [-0.39, 0.29) is 6.61 Å². The van der Waals surface area contributed by atoms with Crippen LogP contribution in [0.15, 0.2) is 18.2 Å². The molecule has 0 aliphatic heterocycles. The second-order valence-electron chi connectivity index (χ2n) is 7.00. The molecule has 0 unspecified atom stereocenters. The number of methoxy groups -OCH3 is 1. The van der Waals surface area contributed by atoms with Gasteiger partial charge in [0.1, 0.15) is 5.82 Å². The molecule has 0 spiro atoms. The van der Waals surface area contributed by atoms with E-state index in [1.807, 2.05) is 19.0 Å². The first-order chi connectivity index (χ1) is 12.4. The second-order valence-corrected chi connectivity index (χ2v) is 7.00. The summed E-state index contributed by atoms with van der Waals surface area (Å²) in [6.45, 7) is 6.56. The van der Waals surface area contributed by atoms with Gasteiger partial charge >= 0.3 is 0 Å². The lowest BCUT2D eigenvalue weighted by Gasteiger charge is -2.21. The summed E-state index contributed by atoms with van der Waals surface area (Å²) in [6.07, 6.45) is 2.42. The molecule has 26 heavy (non-hydrogen) atoms. The largest absolute Gasteiger partial charge is 0.480 e. The standard InChI is InChI=1S/C21H31N3O2/c1-7-15-13-16(9-8-12-25)20(24(4)5)23-19(15)17-10-11-18(14(2)3)22-21(17)26-6/h10-11,13-14,25H,7-9,12H2,1-6H3. The molecule has 5 heteroatoms. The number of nitrogens with zero attached hydrogens (tertiary/aromatic N) is 3. The summed E-state index contributed by atoms with van der Waals surface area (Å²) in [6, 6.07) is 6.33. The number of hydrogen-bond acceptors (Lipinski definition) is 5. The molecule has 0 saturated carbocycles. The van der Waals surface area contributed by atoms with Crippen LogP contribution in [0.5, 0.6) is 5.88 Å². The van der Waals surface area contributed by atoms with Gasteiger partial charge in [0, 0.05) is 26.4 Å². The van der Waals surface area contributed by atoms with Gasteiger partial charge in [-0.05, 0) is 54.5 Å². The van der Waals surface area contributed by atoms with Crippen molar-refractivity contribution in [3.8, 4) is 17.1 Å². The molecule has 0 radical (unpaired) electrons. The Bertz CT molecular complexity index is 742. The third-order valence-electron chi connectivity index (χ3n) is 4.49. The highest BCUT2D eigenvalue weighted by Crippen LogP contribution is 2.34. The number of aromatic nitrogens is 2. The van der Waals surface area contributed by atoms with Crippen molar-refractivity contribution in [2.45, 2.75) is 46.0 Å². The molecule has 0 atom stereocenters. The lowest BCUT2D eigenvalue weighted by molar-refractivity contribution is 0.288. The Morgan fingerprint density at radius 3 is 2.42 bits per heavy atom. The minimum atomic E-state index is 0.185. The predicted octanol–water partition coefficient (Wildman–Crippen LogP) is 3.83. The number of rotatable bonds is 8. The van der Waals surface area contributed by atoms with Crippen LogP contribution in [-0.2, 0) is 12.8 Å². The first kappa shape index (κ1) is 20.2. The predicted molar refractivity (Wildman–Crippen MR) is 107 cm³/mol. The molecular weight excluding hydrogens is 326 g/mol. The van der Waals surface area contributed by atoms with Crippen LogP contribution in [0.1, 0.15) is 49.9 Å². The van der Waals surface area contributed by atoms with Gasteiger partial charge in [-0.25, -0.2) is 9.97 Å². The van der Waals surface area contributed by atoms with Crippen LogP contribution in [0.25, 0.3) is 11.3 Å². The Morgan fingerprint density at radius 2 is 1.88 bits per heavy atom. The van der Waals surface area contributed by atoms with E-state index in [9.17, 15) is 5.11 Å². The molecule has 142 valence electrons. The molecule has 0 amide bonds. The van der Waals surface area contributed by atoms with Crippen LogP contribution in [0, 0.1) is 0 Å². The average Bonchev–Trinajstić information content (AvgIpc) is 2.64. The number of ether oxygens (including phenoxy) is 1. The van der Waals surface area contributed by atoms with Gasteiger partial charge in [0.05, 0.1) is 18.4 Å². The van der Waals surface area contributed by atoms with E-state index in [0.717, 1.165) is 47.6 Å². The van der Waals surface area contributed by atoms with E-state index in [1.165, 1.54) is 5.56 Å². The summed E-state index contributed by atoms with van der Waals surface area (Å²) in [7, 11) is 5.65. The molecule has 0 aliphatic rings. The van der Waals surface area contributed by atoms with Crippen LogP contribution in [0.3, 0.4) is 0 Å². The minimum absolute atomic E-state index is 0.185. The van der Waals surface area contributed by atoms with Gasteiger partial charge in [-0.15, -0.1) is 0 Å². The summed E-state index contributed by atoms with van der Waals surface area (Å²) >= 11 is 0. The van der Waals surface area contributed by atoms with Gasteiger partial charge in [-0.2, -0.15) is 0 Å². The maximum atomic E-state index is 9.20. The van der Waals surface area contributed by atoms with Crippen molar-refractivity contribution in [1.82, 2.24) is 9.97 Å². The lowest BCUT2D eigenvalue weighted by atomic mass is 9.99. The maximum absolute atomic E-state index is 9.20. The zero-order chi connectivity index (χ0) is 19.3.